The first kappa shape index (κ1) is 12.5. The highest BCUT2D eigenvalue weighted by molar-refractivity contribution is 5.81. The summed E-state index contributed by atoms with van der Waals surface area (Å²) in [6.45, 7) is 5.64. The van der Waals surface area contributed by atoms with Gasteiger partial charge in [0.25, 0.3) is 0 Å². The molecule has 1 amide bonds. The standard InChI is InChI=1S/C11H22N2O2/c1-8(2)10(12)11(15)13-5-3-9(7-14)4-6-13/h8-10,14H,3-7,12H2,1-2H3. The maximum absolute atomic E-state index is 11.9. The zero-order chi connectivity index (χ0) is 11.4. The molecule has 88 valence electrons. The first-order valence-corrected chi connectivity index (χ1v) is 5.71. The lowest BCUT2D eigenvalue weighted by molar-refractivity contribution is -0.135. The van der Waals surface area contributed by atoms with Crippen LogP contribution in [0.25, 0.3) is 0 Å². The Bertz CT molecular complexity index is 211. The Hall–Kier alpha value is -0.610. The molecule has 0 saturated carbocycles. The summed E-state index contributed by atoms with van der Waals surface area (Å²) in [5.74, 6) is 0.610. The third-order valence-corrected chi connectivity index (χ3v) is 3.19. The van der Waals surface area contributed by atoms with Crippen molar-refractivity contribution < 1.29 is 9.90 Å². The molecule has 4 heteroatoms. The van der Waals surface area contributed by atoms with Crippen molar-refractivity contribution in [3.05, 3.63) is 0 Å². The van der Waals surface area contributed by atoms with Gasteiger partial charge in [-0.2, -0.15) is 0 Å². The second kappa shape index (κ2) is 5.47. The Morgan fingerprint density at radius 2 is 2.00 bits per heavy atom. The van der Waals surface area contributed by atoms with Crippen LogP contribution in [0.1, 0.15) is 26.7 Å². The van der Waals surface area contributed by atoms with E-state index in [1.165, 1.54) is 0 Å². The molecule has 1 fully saturated rings. The first-order valence-electron chi connectivity index (χ1n) is 5.71. The number of hydrogen-bond donors (Lipinski definition) is 2. The molecule has 1 saturated heterocycles. The Kier molecular flexibility index (Phi) is 4.54. The average molecular weight is 214 g/mol. The fourth-order valence-corrected chi connectivity index (χ4v) is 1.83. The van der Waals surface area contributed by atoms with Crippen LogP contribution in [0, 0.1) is 11.8 Å². The van der Waals surface area contributed by atoms with Crippen LogP contribution >= 0.6 is 0 Å². The van der Waals surface area contributed by atoms with Gasteiger partial charge in [0.05, 0.1) is 6.04 Å². The smallest absolute Gasteiger partial charge is 0.239 e. The predicted octanol–water partition coefficient (Wildman–Crippen LogP) is 0.201. The minimum Gasteiger partial charge on any atom is -0.396 e. The van der Waals surface area contributed by atoms with Gasteiger partial charge in [-0.05, 0) is 24.7 Å². The number of rotatable bonds is 3. The number of amides is 1. The number of nitrogens with two attached hydrogens (primary N) is 1. The highest BCUT2D eigenvalue weighted by Crippen LogP contribution is 2.17. The lowest BCUT2D eigenvalue weighted by Gasteiger charge is -2.33. The molecular formula is C11H22N2O2. The second-order valence-electron chi connectivity index (χ2n) is 4.72. The molecule has 0 radical (unpaired) electrons. The number of hydrogen-bond acceptors (Lipinski definition) is 3. The Labute approximate surface area is 91.4 Å². The van der Waals surface area contributed by atoms with Gasteiger partial charge in [-0.1, -0.05) is 13.8 Å². The molecule has 0 spiro atoms. The van der Waals surface area contributed by atoms with Crippen LogP contribution in [-0.4, -0.2) is 41.7 Å². The highest BCUT2D eigenvalue weighted by atomic mass is 16.3. The van der Waals surface area contributed by atoms with Crippen LogP contribution in [0.15, 0.2) is 0 Å². The van der Waals surface area contributed by atoms with Crippen LogP contribution in [0.5, 0.6) is 0 Å². The van der Waals surface area contributed by atoms with Crippen molar-refractivity contribution in [3.8, 4) is 0 Å². The molecule has 0 aliphatic carbocycles. The summed E-state index contributed by atoms with van der Waals surface area (Å²) >= 11 is 0. The molecule has 0 aromatic carbocycles. The van der Waals surface area contributed by atoms with Crippen LogP contribution < -0.4 is 5.73 Å². The molecule has 1 aliphatic rings. The molecule has 3 N–H and O–H groups in total. The van der Waals surface area contributed by atoms with E-state index in [4.69, 9.17) is 10.8 Å². The van der Waals surface area contributed by atoms with Gasteiger partial charge in [-0.25, -0.2) is 0 Å². The number of aliphatic hydroxyl groups excluding tert-OH is 1. The van der Waals surface area contributed by atoms with E-state index in [0.717, 1.165) is 25.9 Å². The molecule has 15 heavy (non-hydrogen) atoms. The Morgan fingerprint density at radius 1 is 1.47 bits per heavy atom. The maximum atomic E-state index is 11.9. The summed E-state index contributed by atoms with van der Waals surface area (Å²) in [7, 11) is 0. The SMILES string of the molecule is CC(C)C(N)C(=O)N1CCC(CO)CC1. The summed E-state index contributed by atoms with van der Waals surface area (Å²) in [6.07, 6.45) is 1.79. The molecule has 4 nitrogen and oxygen atoms in total. The highest BCUT2D eigenvalue weighted by Gasteiger charge is 2.27. The van der Waals surface area contributed by atoms with E-state index in [-0.39, 0.29) is 24.5 Å². The van der Waals surface area contributed by atoms with Gasteiger partial charge in [0.1, 0.15) is 0 Å². The van der Waals surface area contributed by atoms with E-state index in [9.17, 15) is 4.79 Å². The van der Waals surface area contributed by atoms with Crippen molar-refractivity contribution in [2.45, 2.75) is 32.7 Å². The molecule has 0 aromatic heterocycles. The van der Waals surface area contributed by atoms with Crippen molar-refractivity contribution in [2.75, 3.05) is 19.7 Å². The summed E-state index contributed by atoms with van der Waals surface area (Å²) < 4.78 is 0. The van der Waals surface area contributed by atoms with Crippen LogP contribution in [0.3, 0.4) is 0 Å². The van der Waals surface area contributed by atoms with Gasteiger partial charge in [0.15, 0.2) is 0 Å². The van der Waals surface area contributed by atoms with Gasteiger partial charge in [-0.15, -0.1) is 0 Å². The van der Waals surface area contributed by atoms with Gasteiger partial charge in [0.2, 0.25) is 5.91 Å². The number of nitrogens with zero attached hydrogens (tertiary/aromatic N) is 1. The van der Waals surface area contributed by atoms with E-state index in [1.807, 2.05) is 18.7 Å². The van der Waals surface area contributed by atoms with Crippen molar-refractivity contribution in [1.82, 2.24) is 4.90 Å². The number of carbonyl (C=O) groups excluding carboxylic acids is 1. The summed E-state index contributed by atoms with van der Waals surface area (Å²) in [5.41, 5.74) is 5.82. The van der Waals surface area contributed by atoms with Crippen molar-refractivity contribution in [3.63, 3.8) is 0 Å². The van der Waals surface area contributed by atoms with Gasteiger partial charge < -0.3 is 15.7 Å². The minimum atomic E-state index is -0.379. The Morgan fingerprint density at radius 3 is 2.40 bits per heavy atom. The van der Waals surface area contributed by atoms with Crippen molar-refractivity contribution in [2.24, 2.45) is 17.6 Å². The van der Waals surface area contributed by atoms with Gasteiger partial charge in [-0.3, -0.25) is 4.79 Å². The second-order valence-corrected chi connectivity index (χ2v) is 4.72. The fourth-order valence-electron chi connectivity index (χ4n) is 1.83. The first-order chi connectivity index (χ1) is 7.06. The third kappa shape index (κ3) is 3.18. The van der Waals surface area contributed by atoms with E-state index in [0.29, 0.717) is 5.92 Å². The van der Waals surface area contributed by atoms with E-state index >= 15 is 0 Å². The molecule has 1 atom stereocenters. The number of carbonyl (C=O) groups is 1. The summed E-state index contributed by atoms with van der Waals surface area (Å²) in [5, 5.41) is 8.99. The maximum Gasteiger partial charge on any atom is 0.239 e. The monoisotopic (exact) mass is 214 g/mol. The zero-order valence-electron chi connectivity index (χ0n) is 9.65. The lowest BCUT2D eigenvalue weighted by atomic mass is 9.96. The summed E-state index contributed by atoms with van der Waals surface area (Å²) in [6, 6.07) is -0.379. The van der Waals surface area contributed by atoms with E-state index in [2.05, 4.69) is 0 Å². The zero-order valence-corrected chi connectivity index (χ0v) is 9.65. The molecule has 0 bridgehead atoms. The molecule has 1 aliphatic heterocycles. The van der Waals surface area contributed by atoms with Gasteiger partial charge >= 0.3 is 0 Å². The largest absolute Gasteiger partial charge is 0.396 e. The number of likely N-dealkylation sites (tertiary alicyclic amines) is 1. The van der Waals surface area contributed by atoms with Crippen LogP contribution in [0.2, 0.25) is 0 Å². The fraction of sp³-hybridized carbons (Fsp3) is 0.909. The minimum absolute atomic E-state index is 0.0568. The number of aliphatic hydroxyl groups is 1. The lowest BCUT2D eigenvalue weighted by Crippen LogP contribution is -2.49. The summed E-state index contributed by atoms with van der Waals surface area (Å²) in [4.78, 5) is 13.7. The van der Waals surface area contributed by atoms with E-state index < -0.39 is 0 Å². The number of piperidine rings is 1. The topological polar surface area (TPSA) is 66.6 Å². The van der Waals surface area contributed by atoms with Crippen molar-refractivity contribution in [1.29, 1.82) is 0 Å². The molecule has 1 unspecified atom stereocenters. The Balaban J connectivity index is 2.42. The quantitative estimate of drug-likeness (QED) is 0.705. The normalized spacial score (nSPS) is 20.7. The van der Waals surface area contributed by atoms with Crippen molar-refractivity contribution >= 4 is 5.91 Å². The average Bonchev–Trinajstić information content (AvgIpc) is 2.27. The predicted molar refractivity (Wildman–Crippen MR) is 59.2 cm³/mol. The van der Waals surface area contributed by atoms with Gasteiger partial charge in [0, 0.05) is 19.7 Å². The molecule has 1 heterocycles. The van der Waals surface area contributed by atoms with Crippen LogP contribution in [0.4, 0.5) is 0 Å². The molecule has 0 aromatic rings. The van der Waals surface area contributed by atoms with Crippen LogP contribution in [-0.2, 0) is 4.79 Å². The molecular weight excluding hydrogens is 192 g/mol. The third-order valence-electron chi connectivity index (χ3n) is 3.19. The molecule has 1 rings (SSSR count). The van der Waals surface area contributed by atoms with E-state index in [1.54, 1.807) is 0 Å².